The quantitative estimate of drug-likeness (QED) is 0.358. The lowest BCUT2D eigenvalue weighted by atomic mass is 9.90. The summed E-state index contributed by atoms with van der Waals surface area (Å²) in [5.41, 5.74) is 2.57. The molecule has 0 spiro atoms. The van der Waals surface area contributed by atoms with Crippen LogP contribution in [0.5, 0.6) is 0 Å². The number of carbonyl (C=O) groups excluding carboxylic acids is 1. The second-order valence-corrected chi connectivity index (χ2v) is 7.48. The van der Waals surface area contributed by atoms with Crippen LogP contribution in [0, 0.1) is 5.92 Å². The Balaban J connectivity index is 0.00000300. The van der Waals surface area contributed by atoms with E-state index in [0.29, 0.717) is 18.4 Å². The van der Waals surface area contributed by atoms with Gasteiger partial charge in [0.15, 0.2) is 5.96 Å². The molecule has 1 fully saturated rings. The number of aromatic nitrogens is 1. The normalized spacial score (nSPS) is 15.0. The largest absolute Gasteiger partial charge is 0.357 e. The number of nitrogens with one attached hydrogen (secondary N) is 2. The Kier molecular flexibility index (Phi) is 9.50. The van der Waals surface area contributed by atoms with Crippen molar-refractivity contribution in [1.29, 1.82) is 0 Å². The molecule has 1 aromatic carbocycles. The summed E-state index contributed by atoms with van der Waals surface area (Å²) < 4.78 is 2.01. The van der Waals surface area contributed by atoms with E-state index < -0.39 is 0 Å². The molecule has 1 aliphatic heterocycles. The van der Waals surface area contributed by atoms with Gasteiger partial charge in [-0.1, -0.05) is 30.3 Å². The molecule has 0 aliphatic carbocycles. The fraction of sp³-hybridized carbons (Fsp3) is 0.455. The predicted octanol–water partition coefficient (Wildman–Crippen LogP) is 2.79. The molecule has 3 rings (SSSR count). The highest BCUT2D eigenvalue weighted by molar-refractivity contribution is 14.0. The molecule has 0 saturated carbocycles. The maximum absolute atomic E-state index is 12.5. The second-order valence-electron chi connectivity index (χ2n) is 7.48. The van der Waals surface area contributed by atoms with Crippen molar-refractivity contribution in [3.05, 3.63) is 59.9 Å². The van der Waals surface area contributed by atoms with Crippen molar-refractivity contribution in [1.82, 2.24) is 20.1 Å². The number of amides is 1. The van der Waals surface area contributed by atoms with Crippen LogP contribution < -0.4 is 10.6 Å². The molecule has 2 aromatic rings. The molecule has 1 aliphatic rings. The highest BCUT2D eigenvalue weighted by Crippen LogP contribution is 2.21. The molecule has 158 valence electrons. The third-order valence-corrected chi connectivity index (χ3v) is 5.32. The van der Waals surface area contributed by atoms with Crippen LogP contribution in [0.2, 0.25) is 0 Å². The van der Waals surface area contributed by atoms with Crippen LogP contribution in [0.1, 0.15) is 24.0 Å². The SMILES string of the molecule is CN=C(NCC(=O)N1CCC(Cc2ccccc2)CC1)NCc1ccn(C)c1.I. The van der Waals surface area contributed by atoms with Gasteiger partial charge in [0.05, 0.1) is 6.54 Å². The minimum atomic E-state index is 0. The summed E-state index contributed by atoms with van der Waals surface area (Å²) in [5, 5.41) is 6.38. The number of aliphatic imine (C=N–C) groups is 1. The summed E-state index contributed by atoms with van der Waals surface area (Å²) in [6, 6.07) is 12.7. The Morgan fingerprint density at radius 3 is 2.45 bits per heavy atom. The number of rotatable bonds is 6. The smallest absolute Gasteiger partial charge is 0.241 e. The molecule has 2 N–H and O–H groups in total. The molecule has 0 radical (unpaired) electrons. The number of benzene rings is 1. The van der Waals surface area contributed by atoms with Crippen LogP contribution in [0.15, 0.2) is 53.8 Å². The summed E-state index contributed by atoms with van der Waals surface area (Å²) in [4.78, 5) is 18.7. The lowest BCUT2D eigenvalue weighted by Gasteiger charge is -2.32. The van der Waals surface area contributed by atoms with Gasteiger partial charge in [0.2, 0.25) is 5.91 Å². The van der Waals surface area contributed by atoms with E-state index in [-0.39, 0.29) is 36.4 Å². The fourth-order valence-corrected chi connectivity index (χ4v) is 3.68. The van der Waals surface area contributed by atoms with Gasteiger partial charge in [-0.25, -0.2) is 0 Å². The van der Waals surface area contributed by atoms with Crippen molar-refractivity contribution in [3.63, 3.8) is 0 Å². The Labute approximate surface area is 190 Å². The first kappa shape index (κ1) is 23.3. The fourth-order valence-electron chi connectivity index (χ4n) is 3.68. The zero-order valence-electron chi connectivity index (χ0n) is 17.3. The van der Waals surface area contributed by atoms with E-state index in [1.807, 2.05) is 22.7 Å². The van der Waals surface area contributed by atoms with E-state index in [9.17, 15) is 4.79 Å². The molecule has 7 heteroatoms. The Bertz CT molecular complexity index is 782. The first-order valence-corrected chi connectivity index (χ1v) is 10.0. The first-order valence-electron chi connectivity index (χ1n) is 10.0. The van der Waals surface area contributed by atoms with Gasteiger partial charge in [0, 0.05) is 46.1 Å². The van der Waals surface area contributed by atoms with Crippen LogP contribution in [-0.4, -0.2) is 48.0 Å². The number of halogens is 1. The van der Waals surface area contributed by atoms with Gasteiger partial charge in [0.1, 0.15) is 0 Å². The average molecular weight is 509 g/mol. The van der Waals surface area contributed by atoms with Gasteiger partial charge in [-0.15, -0.1) is 24.0 Å². The van der Waals surface area contributed by atoms with Crippen molar-refractivity contribution in [2.45, 2.75) is 25.8 Å². The minimum Gasteiger partial charge on any atom is -0.357 e. The van der Waals surface area contributed by atoms with Crippen LogP contribution in [0.4, 0.5) is 0 Å². The number of hydrogen-bond acceptors (Lipinski definition) is 2. The van der Waals surface area contributed by atoms with Crippen molar-refractivity contribution >= 4 is 35.8 Å². The number of carbonyl (C=O) groups is 1. The average Bonchev–Trinajstić information content (AvgIpc) is 3.14. The Morgan fingerprint density at radius 2 is 1.83 bits per heavy atom. The standard InChI is InChI=1S/C22H31N5O.HI/c1-23-22(24-15-20-8-11-26(2)17-20)25-16-21(28)27-12-9-19(10-13-27)14-18-6-4-3-5-7-18;/h3-8,11,17,19H,9-10,12-16H2,1-2H3,(H2,23,24,25);1H. The zero-order chi connectivity index (χ0) is 19.8. The van der Waals surface area contributed by atoms with E-state index in [1.165, 1.54) is 11.1 Å². The highest BCUT2D eigenvalue weighted by atomic mass is 127. The van der Waals surface area contributed by atoms with E-state index in [0.717, 1.165) is 32.4 Å². The van der Waals surface area contributed by atoms with Gasteiger partial charge in [0.25, 0.3) is 0 Å². The molecule has 0 unspecified atom stereocenters. The summed E-state index contributed by atoms with van der Waals surface area (Å²) >= 11 is 0. The Hall–Kier alpha value is -2.03. The molecule has 29 heavy (non-hydrogen) atoms. The van der Waals surface area contributed by atoms with E-state index in [4.69, 9.17) is 0 Å². The third kappa shape index (κ3) is 7.38. The predicted molar refractivity (Wildman–Crippen MR) is 128 cm³/mol. The van der Waals surface area contributed by atoms with Gasteiger partial charge in [-0.05, 0) is 42.4 Å². The van der Waals surface area contributed by atoms with E-state index in [2.05, 4.69) is 58.2 Å². The second kappa shape index (κ2) is 11.8. The summed E-state index contributed by atoms with van der Waals surface area (Å²) in [6.45, 7) is 2.64. The van der Waals surface area contributed by atoms with Crippen molar-refractivity contribution < 1.29 is 4.79 Å². The number of aryl methyl sites for hydroxylation is 1. The summed E-state index contributed by atoms with van der Waals surface area (Å²) in [6.07, 6.45) is 7.32. The molecule has 2 heterocycles. The van der Waals surface area contributed by atoms with Gasteiger partial charge in [-0.3, -0.25) is 9.79 Å². The number of likely N-dealkylation sites (tertiary alicyclic amines) is 1. The van der Waals surface area contributed by atoms with Crippen molar-refractivity contribution in [3.8, 4) is 0 Å². The molecule has 6 nitrogen and oxygen atoms in total. The van der Waals surface area contributed by atoms with Gasteiger partial charge < -0.3 is 20.1 Å². The lowest BCUT2D eigenvalue weighted by Crippen LogP contribution is -2.46. The summed E-state index contributed by atoms with van der Waals surface area (Å²) in [7, 11) is 3.72. The van der Waals surface area contributed by atoms with E-state index >= 15 is 0 Å². The molecule has 0 atom stereocenters. The van der Waals surface area contributed by atoms with Crippen LogP contribution in [-0.2, 0) is 24.8 Å². The maximum atomic E-state index is 12.5. The molecule has 1 aromatic heterocycles. The lowest BCUT2D eigenvalue weighted by molar-refractivity contribution is -0.131. The van der Waals surface area contributed by atoms with Crippen LogP contribution in [0.25, 0.3) is 0 Å². The topological polar surface area (TPSA) is 61.7 Å². The number of hydrogen-bond donors (Lipinski definition) is 2. The van der Waals surface area contributed by atoms with Gasteiger partial charge in [-0.2, -0.15) is 0 Å². The number of guanidine groups is 1. The van der Waals surface area contributed by atoms with Crippen LogP contribution >= 0.6 is 24.0 Å². The molecular weight excluding hydrogens is 477 g/mol. The summed E-state index contributed by atoms with van der Waals surface area (Å²) in [5.74, 6) is 1.46. The minimum absolute atomic E-state index is 0. The molecule has 1 amide bonds. The van der Waals surface area contributed by atoms with Gasteiger partial charge >= 0.3 is 0 Å². The number of nitrogens with zero attached hydrogens (tertiary/aromatic N) is 3. The maximum Gasteiger partial charge on any atom is 0.241 e. The zero-order valence-corrected chi connectivity index (χ0v) is 19.6. The van der Waals surface area contributed by atoms with Crippen molar-refractivity contribution in [2.75, 3.05) is 26.7 Å². The number of piperidine rings is 1. The molecule has 1 saturated heterocycles. The van der Waals surface area contributed by atoms with E-state index in [1.54, 1.807) is 7.05 Å². The van der Waals surface area contributed by atoms with Crippen molar-refractivity contribution in [2.24, 2.45) is 18.0 Å². The third-order valence-electron chi connectivity index (χ3n) is 5.32. The molecular formula is C22H32IN5O. The first-order chi connectivity index (χ1) is 13.6. The highest BCUT2D eigenvalue weighted by Gasteiger charge is 2.22. The molecule has 0 bridgehead atoms. The monoisotopic (exact) mass is 509 g/mol. The Morgan fingerprint density at radius 1 is 1.10 bits per heavy atom. The van der Waals surface area contributed by atoms with Crippen LogP contribution in [0.3, 0.4) is 0 Å².